The Bertz CT molecular complexity index is 272. The highest BCUT2D eigenvalue weighted by atomic mass is 16.5. The Labute approximate surface area is 123 Å². The summed E-state index contributed by atoms with van der Waals surface area (Å²) >= 11 is 0. The van der Waals surface area contributed by atoms with Gasteiger partial charge in [0, 0.05) is 19.6 Å². The molecular formula is C16H30N2O2. The molecule has 116 valence electrons. The van der Waals surface area contributed by atoms with E-state index in [4.69, 9.17) is 4.74 Å². The van der Waals surface area contributed by atoms with E-state index in [2.05, 4.69) is 10.6 Å². The molecule has 1 saturated carbocycles. The second-order valence-corrected chi connectivity index (χ2v) is 6.21. The van der Waals surface area contributed by atoms with Gasteiger partial charge in [-0.15, -0.1) is 0 Å². The lowest BCUT2D eigenvalue weighted by molar-refractivity contribution is -0.121. The first-order valence-corrected chi connectivity index (χ1v) is 8.43. The molecule has 1 aliphatic carbocycles. The molecule has 0 atom stereocenters. The van der Waals surface area contributed by atoms with E-state index < -0.39 is 0 Å². The highest BCUT2D eigenvalue weighted by Crippen LogP contribution is 2.20. The average molecular weight is 282 g/mol. The van der Waals surface area contributed by atoms with Gasteiger partial charge in [-0.1, -0.05) is 12.8 Å². The summed E-state index contributed by atoms with van der Waals surface area (Å²) < 4.78 is 5.78. The van der Waals surface area contributed by atoms with Crippen molar-refractivity contribution < 1.29 is 9.53 Å². The van der Waals surface area contributed by atoms with Crippen LogP contribution in [-0.2, 0) is 9.53 Å². The van der Waals surface area contributed by atoms with Gasteiger partial charge in [-0.3, -0.25) is 4.79 Å². The van der Waals surface area contributed by atoms with Gasteiger partial charge in [0.1, 0.15) is 0 Å². The minimum Gasteiger partial charge on any atom is -0.378 e. The second kappa shape index (κ2) is 9.35. The molecule has 2 N–H and O–H groups in total. The maximum atomic E-state index is 11.7. The standard InChI is InChI=1S/C16H30N2O2/c19-16(7-6-14-8-11-17-12-9-14)18-10-3-13-20-15-4-1-2-5-15/h14-15,17H,1-13H2,(H,18,19). The Balaban J connectivity index is 1.41. The summed E-state index contributed by atoms with van der Waals surface area (Å²) in [6.45, 7) is 3.78. The van der Waals surface area contributed by atoms with E-state index in [1.54, 1.807) is 0 Å². The van der Waals surface area contributed by atoms with E-state index >= 15 is 0 Å². The number of carbonyl (C=O) groups excluding carboxylic acids is 1. The van der Waals surface area contributed by atoms with Crippen LogP contribution in [-0.4, -0.2) is 38.3 Å². The van der Waals surface area contributed by atoms with Gasteiger partial charge in [0.2, 0.25) is 5.91 Å². The molecule has 4 nitrogen and oxygen atoms in total. The zero-order chi connectivity index (χ0) is 14.0. The normalized spacial score (nSPS) is 21.2. The lowest BCUT2D eigenvalue weighted by Crippen LogP contribution is -2.30. The van der Waals surface area contributed by atoms with Gasteiger partial charge in [0.25, 0.3) is 0 Å². The van der Waals surface area contributed by atoms with Crippen molar-refractivity contribution in [3.8, 4) is 0 Å². The monoisotopic (exact) mass is 282 g/mol. The first kappa shape index (κ1) is 15.8. The van der Waals surface area contributed by atoms with Crippen molar-refractivity contribution in [1.29, 1.82) is 0 Å². The maximum absolute atomic E-state index is 11.7. The smallest absolute Gasteiger partial charge is 0.220 e. The topological polar surface area (TPSA) is 50.4 Å². The van der Waals surface area contributed by atoms with Crippen LogP contribution in [0.25, 0.3) is 0 Å². The minimum absolute atomic E-state index is 0.212. The molecule has 0 spiro atoms. The third kappa shape index (κ3) is 6.23. The predicted molar refractivity (Wildman–Crippen MR) is 80.7 cm³/mol. The molecule has 1 heterocycles. The fourth-order valence-corrected chi connectivity index (χ4v) is 3.20. The number of nitrogens with one attached hydrogen (secondary N) is 2. The van der Waals surface area contributed by atoms with Crippen molar-refractivity contribution in [2.75, 3.05) is 26.2 Å². The molecule has 0 radical (unpaired) electrons. The van der Waals surface area contributed by atoms with Crippen molar-refractivity contribution in [3.05, 3.63) is 0 Å². The van der Waals surface area contributed by atoms with Gasteiger partial charge in [-0.25, -0.2) is 0 Å². The molecule has 2 fully saturated rings. The summed E-state index contributed by atoms with van der Waals surface area (Å²) in [5, 5.41) is 6.37. The highest BCUT2D eigenvalue weighted by molar-refractivity contribution is 5.75. The van der Waals surface area contributed by atoms with Gasteiger partial charge >= 0.3 is 0 Å². The molecule has 0 bridgehead atoms. The Kier molecular flexibility index (Phi) is 7.37. The summed E-state index contributed by atoms with van der Waals surface area (Å²) in [7, 11) is 0. The van der Waals surface area contributed by atoms with Crippen LogP contribution in [0.3, 0.4) is 0 Å². The molecule has 0 aromatic rings. The molecule has 1 aliphatic heterocycles. The van der Waals surface area contributed by atoms with E-state index in [0.717, 1.165) is 45.0 Å². The summed E-state index contributed by atoms with van der Waals surface area (Å²) in [5.74, 6) is 0.956. The van der Waals surface area contributed by atoms with Crippen LogP contribution in [0.1, 0.15) is 57.8 Å². The first-order valence-electron chi connectivity index (χ1n) is 8.43. The van der Waals surface area contributed by atoms with Crippen LogP contribution in [0.5, 0.6) is 0 Å². The summed E-state index contributed by atoms with van der Waals surface area (Å²) in [5.41, 5.74) is 0. The second-order valence-electron chi connectivity index (χ2n) is 6.21. The zero-order valence-electron chi connectivity index (χ0n) is 12.7. The van der Waals surface area contributed by atoms with Crippen LogP contribution in [0, 0.1) is 5.92 Å². The number of rotatable bonds is 8. The van der Waals surface area contributed by atoms with Gasteiger partial charge in [0.15, 0.2) is 0 Å². The summed E-state index contributed by atoms with van der Waals surface area (Å²) in [6, 6.07) is 0. The van der Waals surface area contributed by atoms with Gasteiger partial charge < -0.3 is 15.4 Å². The third-order valence-electron chi connectivity index (χ3n) is 4.54. The number of piperidine rings is 1. The van der Waals surface area contributed by atoms with E-state index in [-0.39, 0.29) is 5.91 Å². The van der Waals surface area contributed by atoms with E-state index in [0.29, 0.717) is 12.5 Å². The zero-order valence-corrected chi connectivity index (χ0v) is 12.7. The van der Waals surface area contributed by atoms with Crippen LogP contribution in [0.15, 0.2) is 0 Å². The van der Waals surface area contributed by atoms with Crippen molar-refractivity contribution >= 4 is 5.91 Å². The largest absolute Gasteiger partial charge is 0.378 e. The lowest BCUT2D eigenvalue weighted by atomic mass is 9.93. The third-order valence-corrected chi connectivity index (χ3v) is 4.54. The van der Waals surface area contributed by atoms with Gasteiger partial charge in [0.05, 0.1) is 6.10 Å². The molecule has 1 saturated heterocycles. The molecule has 1 amide bonds. The van der Waals surface area contributed by atoms with E-state index in [1.165, 1.54) is 38.5 Å². The van der Waals surface area contributed by atoms with Crippen LogP contribution in [0.2, 0.25) is 0 Å². The van der Waals surface area contributed by atoms with E-state index in [9.17, 15) is 4.79 Å². The van der Waals surface area contributed by atoms with Crippen molar-refractivity contribution in [2.45, 2.75) is 63.9 Å². The van der Waals surface area contributed by atoms with Gasteiger partial charge in [-0.2, -0.15) is 0 Å². The van der Waals surface area contributed by atoms with E-state index in [1.807, 2.05) is 0 Å². The minimum atomic E-state index is 0.212. The SMILES string of the molecule is O=C(CCC1CCNCC1)NCCCOC1CCCC1. The average Bonchev–Trinajstić information content (AvgIpc) is 2.99. The molecular weight excluding hydrogens is 252 g/mol. The fraction of sp³-hybridized carbons (Fsp3) is 0.938. The van der Waals surface area contributed by atoms with Crippen LogP contribution < -0.4 is 10.6 Å². The molecule has 0 aromatic heterocycles. The van der Waals surface area contributed by atoms with Gasteiger partial charge in [-0.05, 0) is 57.5 Å². The van der Waals surface area contributed by atoms with Crippen molar-refractivity contribution in [1.82, 2.24) is 10.6 Å². The molecule has 2 aliphatic rings. The lowest BCUT2D eigenvalue weighted by Gasteiger charge is -2.22. The summed E-state index contributed by atoms with van der Waals surface area (Å²) in [6.07, 6.45) is 10.7. The molecule has 0 aromatic carbocycles. The molecule has 0 unspecified atom stereocenters. The van der Waals surface area contributed by atoms with Crippen molar-refractivity contribution in [3.63, 3.8) is 0 Å². The first-order chi connectivity index (χ1) is 9.84. The number of hydrogen-bond donors (Lipinski definition) is 2. The maximum Gasteiger partial charge on any atom is 0.220 e. The Morgan fingerprint density at radius 1 is 1.15 bits per heavy atom. The fourth-order valence-electron chi connectivity index (χ4n) is 3.20. The number of ether oxygens (including phenoxy) is 1. The number of hydrogen-bond acceptors (Lipinski definition) is 3. The summed E-state index contributed by atoms with van der Waals surface area (Å²) in [4.78, 5) is 11.7. The van der Waals surface area contributed by atoms with Crippen LogP contribution >= 0.6 is 0 Å². The Morgan fingerprint density at radius 2 is 1.90 bits per heavy atom. The Morgan fingerprint density at radius 3 is 2.65 bits per heavy atom. The Hall–Kier alpha value is -0.610. The van der Waals surface area contributed by atoms with Crippen molar-refractivity contribution in [2.24, 2.45) is 5.92 Å². The van der Waals surface area contributed by atoms with Crippen LogP contribution in [0.4, 0.5) is 0 Å². The molecule has 4 heteroatoms. The predicted octanol–water partition coefficient (Wildman–Crippen LogP) is 2.23. The quantitative estimate of drug-likeness (QED) is 0.671. The number of carbonyl (C=O) groups is 1. The number of amides is 1. The molecule has 20 heavy (non-hydrogen) atoms. The molecule has 2 rings (SSSR count). The highest BCUT2D eigenvalue weighted by Gasteiger charge is 2.15.